The summed E-state index contributed by atoms with van der Waals surface area (Å²) < 4.78 is 1.98. The molecule has 1 heterocycles. The Balaban J connectivity index is 1.47. The summed E-state index contributed by atoms with van der Waals surface area (Å²) in [7, 11) is 2.02. The number of nitrogens with zero attached hydrogens (tertiary/aromatic N) is 2. The summed E-state index contributed by atoms with van der Waals surface area (Å²) in [6.45, 7) is 0. The lowest BCUT2D eigenvalue weighted by atomic mass is 9.83. The van der Waals surface area contributed by atoms with Gasteiger partial charge in [0, 0.05) is 24.9 Å². The van der Waals surface area contributed by atoms with Gasteiger partial charge in [0.05, 0.1) is 11.2 Å². The molecule has 0 spiro atoms. The fraction of sp³-hybridized carbons (Fsp3) is 0.611. The smallest absolute Gasteiger partial charge is 0.0718 e. The quantitative estimate of drug-likeness (QED) is 0.936. The first kappa shape index (κ1) is 13.3. The molecule has 2 N–H and O–H groups in total. The molecular weight excluding hydrogens is 258 g/mol. The highest BCUT2D eigenvalue weighted by atomic mass is 15.3. The van der Waals surface area contributed by atoms with Crippen molar-refractivity contribution >= 4 is 10.9 Å². The van der Waals surface area contributed by atoms with E-state index in [9.17, 15) is 0 Å². The minimum Gasteiger partial charge on any atom is -0.327 e. The molecule has 3 nitrogen and oxygen atoms in total. The SMILES string of the molecule is Cn1nc(CC(N)CC2CC3CCC2C3)c2ccccc21. The van der Waals surface area contributed by atoms with Crippen molar-refractivity contribution in [3.05, 3.63) is 30.0 Å². The molecule has 21 heavy (non-hydrogen) atoms. The molecule has 2 fully saturated rings. The summed E-state index contributed by atoms with van der Waals surface area (Å²) >= 11 is 0. The van der Waals surface area contributed by atoms with Gasteiger partial charge in [0.1, 0.15) is 0 Å². The van der Waals surface area contributed by atoms with Gasteiger partial charge in [0.15, 0.2) is 0 Å². The summed E-state index contributed by atoms with van der Waals surface area (Å²) in [5.74, 6) is 2.87. The van der Waals surface area contributed by atoms with Gasteiger partial charge in [-0.3, -0.25) is 4.68 Å². The van der Waals surface area contributed by atoms with Crippen LogP contribution in [0.4, 0.5) is 0 Å². The summed E-state index contributed by atoms with van der Waals surface area (Å²) in [6, 6.07) is 8.72. The van der Waals surface area contributed by atoms with E-state index in [1.165, 1.54) is 48.7 Å². The van der Waals surface area contributed by atoms with Crippen LogP contribution in [-0.4, -0.2) is 15.8 Å². The first-order valence-corrected chi connectivity index (χ1v) is 8.37. The fourth-order valence-corrected chi connectivity index (χ4v) is 4.83. The maximum Gasteiger partial charge on any atom is 0.0718 e. The highest BCUT2D eigenvalue weighted by molar-refractivity contribution is 5.81. The molecule has 1 aromatic heterocycles. The number of benzene rings is 1. The molecule has 4 rings (SSSR count). The van der Waals surface area contributed by atoms with E-state index in [2.05, 4.69) is 29.4 Å². The molecule has 2 bridgehead atoms. The molecule has 2 aliphatic carbocycles. The van der Waals surface area contributed by atoms with Gasteiger partial charge in [-0.25, -0.2) is 0 Å². The van der Waals surface area contributed by atoms with Gasteiger partial charge < -0.3 is 5.73 Å². The van der Waals surface area contributed by atoms with Crippen molar-refractivity contribution in [3.8, 4) is 0 Å². The standard InChI is InChI=1S/C18H25N3/c1-21-18-5-3-2-4-16(18)17(20-21)11-15(19)10-14-9-12-6-7-13(14)8-12/h2-5,12-15H,6-11,19H2,1H3. The van der Waals surface area contributed by atoms with Crippen LogP contribution >= 0.6 is 0 Å². The molecule has 2 aliphatic rings. The van der Waals surface area contributed by atoms with E-state index in [1.807, 2.05) is 11.7 Å². The van der Waals surface area contributed by atoms with Crippen molar-refractivity contribution in [3.63, 3.8) is 0 Å². The van der Waals surface area contributed by atoms with Crippen molar-refractivity contribution in [2.24, 2.45) is 30.5 Å². The third kappa shape index (κ3) is 2.38. The van der Waals surface area contributed by atoms with Crippen LogP contribution in [0.25, 0.3) is 10.9 Å². The molecule has 112 valence electrons. The minimum absolute atomic E-state index is 0.257. The van der Waals surface area contributed by atoms with Gasteiger partial charge in [-0.05, 0) is 49.5 Å². The molecular formula is C18H25N3. The molecule has 3 heteroatoms. The molecule has 0 radical (unpaired) electrons. The van der Waals surface area contributed by atoms with Crippen molar-refractivity contribution < 1.29 is 0 Å². The summed E-state index contributed by atoms with van der Waals surface area (Å²) in [5, 5.41) is 5.96. The zero-order valence-electron chi connectivity index (χ0n) is 12.8. The Labute approximate surface area is 126 Å². The molecule has 0 aliphatic heterocycles. The van der Waals surface area contributed by atoms with Gasteiger partial charge in [-0.2, -0.15) is 5.10 Å². The molecule has 0 amide bonds. The third-order valence-corrected chi connectivity index (χ3v) is 5.78. The van der Waals surface area contributed by atoms with Crippen LogP contribution in [0.3, 0.4) is 0 Å². The molecule has 2 saturated carbocycles. The number of para-hydroxylation sites is 1. The maximum atomic E-state index is 6.47. The normalized spacial score (nSPS) is 29.3. The first-order valence-electron chi connectivity index (χ1n) is 8.37. The van der Waals surface area contributed by atoms with Gasteiger partial charge in [0.2, 0.25) is 0 Å². The average molecular weight is 283 g/mol. The Bertz CT molecular complexity index is 645. The Kier molecular flexibility index (Phi) is 3.26. The number of aryl methyl sites for hydroxylation is 1. The number of aromatic nitrogens is 2. The Hall–Kier alpha value is -1.35. The van der Waals surface area contributed by atoms with Gasteiger partial charge in [-0.15, -0.1) is 0 Å². The van der Waals surface area contributed by atoms with Crippen molar-refractivity contribution in [1.82, 2.24) is 9.78 Å². The molecule has 2 aromatic rings. The van der Waals surface area contributed by atoms with Crippen molar-refractivity contribution in [2.45, 2.75) is 44.6 Å². The number of rotatable bonds is 4. The lowest BCUT2D eigenvalue weighted by Gasteiger charge is -2.24. The van der Waals surface area contributed by atoms with E-state index < -0.39 is 0 Å². The highest BCUT2D eigenvalue weighted by Crippen LogP contribution is 2.49. The second-order valence-electron chi connectivity index (χ2n) is 7.22. The maximum absolute atomic E-state index is 6.47. The zero-order chi connectivity index (χ0) is 14.4. The lowest BCUT2D eigenvalue weighted by Crippen LogP contribution is -2.28. The van der Waals surface area contributed by atoms with Crippen LogP contribution in [0.2, 0.25) is 0 Å². The van der Waals surface area contributed by atoms with Gasteiger partial charge in [-0.1, -0.05) is 24.6 Å². The van der Waals surface area contributed by atoms with Crippen LogP contribution in [0, 0.1) is 17.8 Å². The number of fused-ring (bicyclic) bond motifs is 3. The predicted octanol–water partition coefficient (Wildman–Crippen LogP) is 3.27. The second-order valence-corrected chi connectivity index (χ2v) is 7.22. The van der Waals surface area contributed by atoms with Crippen molar-refractivity contribution in [2.75, 3.05) is 0 Å². The summed E-state index contributed by atoms with van der Waals surface area (Å²) in [4.78, 5) is 0. The number of nitrogens with two attached hydrogens (primary N) is 1. The van der Waals surface area contributed by atoms with Gasteiger partial charge >= 0.3 is 0 Å². The van der Waals surface area contributed by atoms with E-state index in [-0.39, 0.29) is 6.04 Å². The molecule has 4 unspecified atom stereocenters. The van der Waals surface area contributed by atoms with Crippen LogP contribution in [0.1, 0.15) is 37.8 Å². The van der Waals surface area contributed by atoms with Crippen LogP contribution in [-0.2, 0) is 13.5 Å². The fourth-order valence-electron chi connectivity index (χ4n) is 4.83. The Morgan fingerprint density at radius 2 is 2.14 bits per heavy atom. The van der Waals surface area contributed by atoms with Crippen LogP contribution in [0.5, 0.6) is 0 Å². The van der Waals surface area contributed by atoms with Crippen LogP contribution in [0.15, 0.2) is 24.3 Å². The largest absolute Gasteiger partial charge is 0.327 e. The number of hydrogen-bond acceptors (Lipinski definition) is 2. The van der Waals surface area contributed by atoms with E-state index in [0.29, 0.717) is 0 Å². The van der Waals surface area contributed by atoms with Crippen molar-refractivity contribution in [1.29, 1.82) is 0 Å². The van der Waals surface area contributed by atoms with E-state index >= 15 is 0 Å². The predicted molar refractivity (Wildman–Crippen MR) is 85.9 cm³/mol. The van der Waals surface area contributed by atoms with E-state index in [0.717, 1.165) is 24.2 Å². The minimum atomic E-state index is 0.257. The Morgan fingerprint density at radius 3 is 2.90 bits per heavy atom. The van der Waals surface area contributed by atoms with Gasteiger partial charge in [0.25, 0.3) is 0 Å². The Morgan fingerprint density at radius 1 is 1.29 bits per heavy atom. The first-order chi connectivity index (χ1) is 10.2. The molecule has 4 atom stereocenters. The topological polar surface area (TPSA) is 43.8 Å². The molecule has 0 saturated heterocycles. The summed E-state index contributed by atoms with van der Waals surface area (Å²) in [6.07, 6.45) is 7.93. The monoisotopic (exact) mass is 283 g/mol. The average Bonchev–Trinajstić information content (AvgIpc) is 3.15. The zero-order valence-corrected chi connectivity index (χ0v) is 12.8. The third-order valence-electron chi connectivity index (χ3n) is 5.78. The highest BCUT2D eigenvalue weighted by Gasteiger charge is 2.39. The molecule has 1 aromatic carbocycles. The second kappa shape index (κ2) is 5.13. The summed E-state index contributed by atoms with van der Waals surface area (Å²) in [5.41, 5.74) is 8.85. The van der Waals surface area contributed by atoms with E-state index in [4.69, 9.17) is 5.73 Å². The van der Waals surface area contributed by atoms with E-state index in [1.54, 1.807) is 0 Å². The number of hydrogen-bond donors (Lipinski definition) is 1. The van der Waals surface area contributed by atoms with Crippen LogP contribution < -0.4 is 5.73 Å². The lowest BCUT2D eigenvalue weighted by molar-refractivity contribution is 0.293.